The van der Waals surface area contributed by atoms with Gasteiger partial charge in [-0.05, 0) is 42.8 Å². The summed E-state index contributed by atoms with van der Waals surface area (Å²) >= 11 is 5.96. The maximum absolute atomic E-state index is 12.9. The number of halogens is 1. The van der Waals surface area contributed by atoms with Crippen LogP contribution < -0.4 is 20.5 Å². The predicted octanol–water partition coefficient (Wildman–Crippen LogP) is 4.12. The normalized spacial score (nSPS) is 12.1. The van der Waals surface area contributed by atoms with Crippen LogP contribution in [0, 0.1) is 0 Å². The van der Waals surface area contributed by atoms with Gasteiger partial charge in [0.05, 0.1) is 22.6 Å². The van der Waals surface area contributed by atoms with Gasteiger partial charge in [-0.1, -0.05) is 23.7 Å². The number of methoxy groups -OCH3 is 1. The van der Waals surface area contributed by atoms with Crippen molar-refractivity contribution in [2.45, 2.75) is 17.9 Å². The molecule has 1 amide bonds. The molecule has 32 heavy (non-hydrogen) atoms. The summed E-state index contributed by atoms with van der Waals surface area (Å²) in [5, 5.41) is 3.16. The van der Waals surface area contributed by atoms with Crippen molar-refractivity contribution in [2.75, 3.05) is 24.4 Å². The van der Waals surface area contributed by atoms with Crippen LogP contribution in [0.4, 0.5) is 11.5 Å². The molecule has 0 aliphatic heterocycles. The lowest BCUT2D eigenvalue weighted by atomic mass is 10.1. The number of hydrogen-bond acceptors (Lipinski definition) is 7. The minimum atomic E-state index is -3.49. The Hall–Kier alpha value is -3.30. The Balaban J connectivity index is 1.83. The van der Waals surface area contributed by atoms with E-state index in [1.165, 1.54) is 31.5 Å². The van der Waals surface area contributed by atoms with E-state index in [2.05, 4.69) is 10.3 Å². The number of rotatable bonds is 7. The lowest BCUT2D eigenvalue weighted by Gasteiger charge is -2.17. The van der Waals surface area contributed by atoms with Gasteiger partial charge in [-0.15, -0.1) is 0 Å². The molecule has 0 spiro atoms. The number of ether oxygens (including phenoxy) is 2. The van der Waals surface area contributed by atoms with Crippen LogP contribution in [-0.4, -0.2) is 32.7 Å². The highest BCUT2D eigenvalue weighted by Crippen LogP contribution is 2.29. The molecular formula is C22H22ClN3O5S. The van der Waals surface area contributed by atoms with Gasteiger partial charge in [-0.2, -0.15) is 0 Å². The van der Waals surface area contributed by atoms with Crippen LogP contribution in [0.15, 0.2) is 59.6 Å². The Morgan fingerprint density at radius 2 is 1.91 bits per heavy atom. The number of aromatic nitrogens is 1. The molecule has 1 aromatic heterocycles. The van der Waals surface area contributed by atoms with Crippen molar-refractivity contribution in [3.8, 4) is 11.5 Å². The highest BCUT2D eigenvalue weighted by atomic mass is 35.5. The fourth-order valence-electron chi connectivity index (χ4n) is 2.95. The molecule has 3 N–H and O–H groups in total. The molecule has 10 heteroatoms. The SMILES string of the molecule is COc1ccc(S(C)(=O)=O)cc1C(=O)Nc1cccc([C@@H](C)Oc2cc(Cl)cnc2N)c1. The Kier molecular flexibility index (Phi) is 6.90. The lowest BCUT2D eigenvalue weighted by Crippen LogP contribution is -2.15. The van der Waals surface area contributed by atoms with E-state index >= 15 is 0 Å². The molecule has 0 saturated carbocycles. The first-order valence-corrected chi connectivity index (χ1v) is 11.7. The number of carbonyl (C=O) groups is 1. The molecular weight excluding hydrogens is 454 g/mol. The summed E-state index contributed by atoms with van der Waals surface area (Å²) in [4.78, 5) is 16.9. The number of nitrogens with one attached hydrogen (secondary N) is 1. The first kappa shape index (κ1) is 23.4. The number of pyridine rings is 1. The van der Waals surface area contributed by atoms with Gasteiger partial charge in [0.1, 0.15) is 11.9 Å². The number of hydrogen-bond donors (Lipinski definition) is 2. The first-order chi connectivity index (χ1) is 15.1. The summed E-state index contributed by atoms with van der Waals surface area (Å²) in [5.74, 6) is 0.304. The van der Waals surface area contributed by atoms with Gasteiger partial charge in [0.15, 0.2) is 21.4 Å². The van der Waals surface area contributed by atoms with E-state index < -0.39 is 21.8 Å². The third-order valence-electron chi connectivity index (χ3n) is 4.61. The molecule has 8 nitrogen and oxygen atoms in total. The fourth-order valence-corrected chi connectivity index (χ4v) is 3.74. The highest BCUT2D eigenvalue weighted by molar-refractivity contribution is 7.90. The third-order valence-corrected chi connectivity index (χ3v) is 5.93. The van der Waals surface area contributed by atoms with E-state index in [9.17, 15) is 13.2 Å². The van der Waals surface area contributed by atoms with Crippen molar-refractivity contribution < 1.29 is 22.7 Å². The van der Waals surface area contributed by atoms with E-state index in [0.29, 0.717) is 16.5 Å². The zero-order valence-electron chi connectivity index (χ0n) is 17.6. The fraction of sp³-hybridized carbons (Fsp3) is 0.182. The lowest BCUT2D eigenvalue weighted by molar-refractivity contribution is 0.102. The zero-order valence-corrected chi connectivity index (χ0v) is 19.2. The molecule has 3 rings (SSSR count). The van der Waals surface area contributed by atoms with Crippen LogP contribution in [0.3, 0.4) is 0 Å². The average Bonchev–Trinajstić information content (AvgIpc) is 2.75. The van der Waals surface area contributed by atoms with E-state index in [1.807, 2.05) is 13.0 Å². The Morgan fingerprint density at radius 3 is 2.59 bits per heavy atom. The summed E-state index contributed by atoms with van der Waals surface area (Å²) in [6, 6.07) is 12.7. The van der Waals surface area contributed by atoms with E-state index in [-0.39, 0.29) is 22.0 Å². The number of amides is 1. The maximum atomic E-state index is 12.9. The second-order valence-electron chi connectivity index (χ2n) is 7.01. The van der Waals surface area contributed by atoms with Gasteiger partial charge < -0.3 is 20.5 Å². The van der Waals surface area contributed by atoms with Gasteiger partial charge in [0.25, 0.3) is 5.91 Å². The van der Waals surface area contributed by atoms with Crippen molar-refractivity contribution in [1.29, 1.82) is 0 Å². The van der Waals surface area contributed by atoms with Gasteiger partial charge in [-0.25, -0.2) is 13.4 Å². The van der Waals surface area contributed by atoms with Crippen LogP contribution in [0.25, 0.3) is 0 Å². The Bertz CT molecular complexity index is 1260. The molecule has 0 aliphatic rings. The van der Waals surface area contributed by atoms with Gasteiger partial charge in [0, 0.05) is 24.2 Å². The van der Waals surface area contributed by atoms with Crippen molar-refractivity contribution in [3.63, 3.8) is 0 Å². The molecule has 0 saturated heterocycles. The molecule has 2 aromatic carbocycles. The topological polar surface area (TPSA) is 121 Å². The largest absolute Gasteiger partial charge is 0.496 e. The number of carbonyl (C=O) groups excluding carboxylic acids is 1. The van der Waals surface area contributed by atoms with Crippen LogP contribution in [0.5, 0.6) is 11.5 Å². The van der Waals surface area contributed by atoms with E-state index in [0.717, 1.165) is 11.8 Å². The molecule has 0 unspecified atom stereocenters. The molecule has 0 fully saturated rings. The summed E-state index contributed by atoms with van der Waals surface area (Å²) in [6.45, 7) is 1.82. The summed E-state index contributed by atoms with van der Waals surface area (Å²) in [6.07, 6.45) is 2.08. The second kappa shape index (κ2) is 9.46. The second-order valence-corrected chi connectivity index (χ2v) is 9.46. The zero-order chi connectivity index (χ0) is 23.5. The number of anilines is 2. The molecule has 1 atom stereocenters. The smallest absolute Gasteiger partial charge is 0.259 e. The summed E-state index contributed by atoms with van der Waals surface area (Å²) in [7, 11) is -2.08. The van der Waals surface area contributed by atoms with Gasteiger partial charge >= 0.3 is 0 Å². The minimum Gasteiger partial charge on any atom is -0.496 e. The van der Waals surface area contributed by atoms with Crippen molar-refractivity contribution >= 4 is 38.9 Å². The molecule has 3 aromatic rings. The minimum absolute atomic E-state index is 0.0203. The number of nitrogens with two attached hydrogens (primary N) is 1. The van der Waals surface area contributed by atoms with E-state index in [1.54, 1.807) is 24.3 Å². The Labute approximate surface area is 191 Å². The van der Waals surface area contributed by atoms with Gasteiger partial charge in [-0.3, -0.25) is 4.79 Å². The van der Waals surface area contributed by atoms with Crippen LogP contribution in [0.1, 0.15) is 28.9 Å². The number of nitrogen functional groups attached to an aromatic ring is 1. The predicted molar refractivity (Wildman–Crippen MR) is 123 cm³/mol. The van der Waals surface area contributed by atoms with Crippen LogP contribution in [0.2, 0.25) is 5.02 Å². The van der Waals surface area contributed by atoms with Crippen molar-refractivity contribution in [3.05, 3.63) is 70.9 Å². The molecule has 1 heterocycles. The molecule has 0 radical (unpaired) electrons. The quantitative estimate of drug-likeness (QED) is 0.527. The molecule has 0 aliphatic carbocycles. The average molecular weight is 476 g/mol. The number of nitrogens with zero attached hydrogens (tertiary/aromatic N) is 1. The first-order valence-electron chi connectivity index (χ1n) is 9.45. The molecule has 168 valence electrons. The monoisotopic (exact) mass is 475 g/mol. The van der Waals surface area contributed by atoms with Crippen molar-refractivity contribution in [2.24, 2.45) is 0 Å². The summed E-state index contributed by atoms with van der Waals surface area (Å²) < 4.78 is 34.8. The van der Waals surface area contributed by atoms with Gasteiger partial charge in [0.2, 0.25) is 0 Å². The standard InChI is InChI=1S/C22H22ClN3O5S/c1-13(31-20-10-15(23)12-25-21(20)24)14-5-4-6-16(9-14)26-22(27)18-11-17(32(3,28)29)7-8-19(18)30-2/h4-13H,1-3H3,(H2,24,25)(H,26,27)/t13-/m1/s1. The highest BCUT2D eigenvalue weighted by Gasteiger charge is 2.18. The van der Waals surface area contributed by atoms with E-state index in [4.69, 9.17) is 26.8 Å². The third kappa shape index (κ3) is 5.49. The summed E-state index contributed by atoms with van der Waals surface area (Å²) in [5.41, 5.74) is 7.20. The molecule has 0 bridgehead atoms. The maximum Gasteiger partial charge on any atom is 0.259 e. The number of sulfone groups is 1. The Morgan fingerprint density at radius 1 is 1.16 bits per heavy atom. The van der Waals surface area contributed by atoms with Crippen molar-refractivity contribution in [1.82, 2.24) is 4.98 Å². The van der Waals surface area contributed by atoms with Crippen LogP contribution in [-0.2, 0) is 9.84 Å². The number of benzene rings is 2. The van der Waals surface area contributed by atoms with Crippen LogP contribution >= 0.6 is 11.6 Å².